The zero-order valence-electron chi connectivity index (χ0n) is 21.3. The standard InChI is InChI=1S/C30H28FN5O2S/c31-25-3-1-2-23(16-25)27(28(37)34-30-33-12-15-39-30)36-19-24-9-8-22(17-26(24)29(36)38)21-6-4-20(5-7-21)18-35-13-10-32-11-14-35/h1-9,12,15-17,27,32H,10-11,13-14,18-19H2,(H,33,34,37). The molecule has 3 heterocycles. The van der Waals surface area contributed by atoms with Crippen LogP contribution in [0.1, 0.15) is 33.1 Å². The minimum absolute atomic E-state index is 0.255. The minimum Gasteiger partial charge on any atom is -0.318 e. The summed E-state index contributed by atoms with van der Waals surface area (Å²) in [5.41, 5.74) is 5.02. The van der Waals surface area contributed by atoms with Gasteiger partial charge in [-0.15, -0.1) is 11.3 Å². The van der Waals surface area contributed by atoms with Crippen molar-refractivity contribution in [3.05, 3.63) is 106 Å². The van der Waals surface area contributed by atoms with Crippen molar-refractivity contribution >= 4 is 28.3 Å². The van der Waals surface area contributed by atoms with Gasteiger partial charge in [-0.05, 0) is 46.0 Å². The molecule has 3 aromatic carbocycles. The van der Waals surface area contributed by atoms with Crippen molar-refractivity contribution in [3.8, 4) is 11.1 Å². The summed E-state index contributed by atoms with van der Waals surface area (Å²) in [4.78, 5) is 35.2. The summed E-state index contributed by atoms with van der Waals surface area (Å²) in [6.45, 7) is 5.30. The number of halogens is 1. The highest BCUT2D eigenvalue weighted by Crippen LogP contribution is 2.35. The summed E-state index contributed by atoms with van der Waals surface area (Å²) in [6, 6.07) is 19.1. The molecule has 1 aromatic heterocycles. The number of carbonyl (C=O) groups excluding carboxylic acids is 2. The van der Waals surface area contributed by atoms with E-state index >= 15 is 0 Å². The van der Waals surface area contributed by atoms with Gasteiger partial charge < -0.3 is 10.2 Å². The van der Waals surface area contributed by atoms with E-state index in [1.165, 1.54) is 33.9 Å². The van der Waals surface area contributed by atoms with E-state index in [0.29, 0.717) is 16.3 Å². The number of rotatable bonds is 7. The third-order valence-electron chi connectivity index (χ3n) is 7.23. The molecular weight excluding hydrogens is 513 g/mol. The Kier molecular flexibility index (Phi) is 7.19. The fourth-order valence-corrected chi connectivity index (χ4v) is 5.78. The smallest absolute Gasteiger partial charge is 0.255 e. The number of thiazole rings is 1. The molecule has 4 aromatic rings. The Morgan fingerprint density at radius 1 is 1.05 bits per heavy atom. The number of hydrogen-bond donors (Lipinski definition) is 2. The first kappa shape index (κ1) is 25.4. The average Bonchev–Trinajstić information content (AvgIpc) is 3.57. The average molecular weight is 542 g/mol. The molecule has 1 unspecified atom stereocenters. The molecule has 2 amide bonds. The van der Waals surface area contributed by atoms with Gasteiger partial charge in [-0.2, -0.15) is 0 Å². The Morgan fingerprint density at radius 2 is 1.85 bits per heavy atom. The van der Waals surface area contributed by atoms with Gasteiger partial charge in [-0.25, -0.2) is 9.37 Å². The Morgan fingerprint density at radius 3 is 2.59 bits per heavy atom. The molecule has 2 N–H and O–H groups in total. The van der Waals surface area contributed by atoms with Gasteiger partial charge in [0.05, 0.1) is 0 Å². The normalized spacial score (nSPS) is 16.2. The highest BCUT2D eigenvalue weighted by atomic mass is 32.1. The van der Waals surface area contributed by atoms with Crippen LogP contribution < -0.4 is 10.6 Å². The van der Waals surface area contributed by atoms with E-state index in [0.717, 1.165) is 49.4 Å². The van der Waals surface area contributed by atoms with E-state index in [1.54, 1.807) is 23.7 Å². The first-order valence-corrected chi connectivity index (χ1v) is 13.9. The van der Waals surface area contributed by atoms with Crippen LogP contribution in [0.25, 0.3) is 11.1 Å². The lowest BCUT2D eigenvalue weighted by Gasteiger charge is -2.27. The van der Waals surface area contributed by atoms with Crippen LogP contribution in [0.4, 0.5) is 9.52 Å². The minimum atomic E-state index is -1.00. The van der Waals surface area contributed by atoms with Crippen LogP contribution in [0.2, 0.25) is 0 Å². The summed E-state index contributed by atoms with van der Waals surface area (Å²) < 4.78 is 14.2. The van der Waals surface area contributed by atoms with Crippen molar-refractivity contribution in [3.63, 3.8) is 0 Å². The van der Waals surface area contributed by atoms with Crippen molar-refractivity contribution in [2.45, 2.75) is 19.1 Å². The van der Waals surface area contributed by atoms with Crippen molar-refractivity contribution in [2.75, 3.05) is 31.5 Å². The lowest BCUT2D eigenvalue weighted by molar-refractivity contribution is -0.120. The second kappa shape index (κ2) is 11.1. The zero-order chi connectivity index (χ0) is 26.8. The number of benzene rings is 3. The molecule has 2 aliphatic heterocycles. The third-order valence-corrected chi connectivity index (χ3v) is 7.92. The van der Waals surface area contributed by atoms with Gasteiger partial charge in [0.1, 0.15) is 11.9 Å². The molecule has 0 bridgehead atoms. The summed E-state index contributed by atoms with van der Waals surface area (Å²) in [6.07, 6.45) is 1.59. The fraction of sp³-hybridized carbons (Fsp3) is 0.233. The lowest BCUT2D eigenvalue weighted by atomic mass is 9.99. The highest BCUT2D eigenvalue weighted by Gasteiger charge is 2.38. The van der Waals surface area contributed by atoms with E-state index in [2.05, 4.69) is 44.8 Å². The maximum atomic E-state index is 14.2. The zero-order valence-corrected chi connectivity index (χ0v) is 22.1. The summed E-state index contributed by atoms with van der Waals surface area (Å²) in [7, 11) is 0. The van der Waals surface area contributed by atoms with Gasteiger partial charge in [0.25, 0.3) is 11.8 Å². The number of amides is 2. The molecule has 7 nitrogen and oxygen atoms in total. The Hall–Kier alpha value is -3.92. The van der Waals surface area contributed by atoms with Gasteiger partial charge in [0.15, 0.2) is 5.13 Å². The second-order valence-corrected chi connectivity index (χ2v) is 10.7. The van der Waals surface area contributed by atoms with Crippen molar-refractivity contribution in [1.82, 2.24) is 20.1 Å². The molecule has 1 saturated heterocycles. The third kappa shape index (κ3) is 5.47. The van der Waals surface area contributed by atoms with Crippen LogP contribution in [0.5, 0.6) is 0 Å². The van der Waals surface area contributed by atoms with E-state index < -0.39 is 17.8 Å². The summed E-state index contributed by atoms with van der Waals surface area (Å²) in [5, 5.41) is 8.34. The van der Waals surface area contributed by atoms with Crippen molar-refractivity contribution < 1.29 is 14.0 Å². The summed E-state index contributed by atoms with van der Waals surface area (Å²) >= 11 is 1.28. The van der Waals surface area contributed by atoms with E-state index in [9.17, 15) is 14.0 Å². The quantitative estimate of drug-likeness (QED) is 0.355. The monoisotopic (exact) mass is 541 g/mol. The van der Waals surface area contributed by atoms with E-state index in [-0.39, 0.29) is 12.5 Å². The predicted molar refractivity (Wildman–Crippen MR) is 150 cm³/mol. The molecule has 39 heavy (non-hydrogen) atoms. The van der Waals surface area contributed by atoms with Crippen LogP contribution in [-0.2, 0) is 17.9 Å². The number of piperazine rings is 1. The molecule has 198 valence electrons. The lowest BCUT2D eigenvalue weighted by Crippen LogP contribution is -2.42. The SMILES string of the molecule is O=C(Nc1nccs1)C(c1cccc(F)c1)N1Cc2ccc(-c3ccc(CN4CCNCC4)cc3)cc2C1=O. The Balaban J connectivity index is 1.24. The number of aromatic nitrogens is 1. The molecule has 1 atom stereocenters. The van der Waals surface area contributed by atoms with Gasteiger partial charge >= 0.3 is 0 Å². The van der Waals surface area contributed by atoms with Crippen LogP contribution in [0.15, 0.2) is 78.3 Å². The van der Waals surface area contributed by atoms with Crippen LogP contribution in [0, 0.1) is 5.82 Å². The second-order valence-electron chi connectivity index (χ2n) is 9.81. The van der Waals surface area contributed by atoms with Crippen LogP contribution in [0.3, 0.4) is 0 Å². The Bertz CT molecular complexity index is 1490. The largest absolute Gasteiger partial charge is 0.318 e. The number of nitrogens with zero attached hydrogens (tertiary/aromatic N) is 3. The fourth-order valence-electron chi connectivity index (χ4n) is 5.25. The first-order chi connectivity index (χ1) is 19.0. The number of carbonyl (C=O) groups is 2. The first-order valence-electron chi connectivity index (χ1n) is 13.0. The number of fused-ring (bicyclic) bond motifs is 1. The molecule has 0 spiro atoms. The maximum Gasteiger partial charge on any atom is 0.255 e. The molecular formula is C30H28FN5O2S. The van der Waals surface area contributed by atoms with Crippen molar-refractivity contribution in [1.29, 1.82) is 0 Å². The number of nitrogens with one attached hydrogen (secondary N) is 2. The van der Waals surface area contributed by atoms with Crippen LogP contribution >= 0.6 is 11.3 Å². The van der Waals surface area contributed by atoms with E-state index in [1.807, 2.05) is 18.2 Å². The Labute approximate surface area is 230 Å². The molecule has 0 radical (unpaired) electrons. The predicted octanol–water partition coefficient (Wildman–Crippen LogP) is 4.69. The molecule has 6 rings (SSSR count). The maximum absolute atomic E-state index is 14.2. The molecule has 1 fully saturated rings. The van der Waals surface area contributed by atoms with Crippen molar-refractivity contribution in [2.24, 2.45) is 0 Å². The molecule has 9 heteroatoms. The highest BCUT2D eigenvalue weighted by molar-refractivity contribution is 7.13. The van der Waals surface area contributed by atoms with Gasteiger partial charge in [0.2, 0.25) is 0 Å². The van der Waals surface area contributed by atoms with E-state index in [4.69, 9.17) is 0 Å². The van der Waals surface area contributed by atoms with Gasteiger partial charge in [0, 0.05) is 56.4 Å². The van der Waals surface area contributed by atoms with Crippen LogP contribution in [-0.4, -0.2) is 52.8 Å². The molecule has 0 saturated carbocycles. The molecule has 0 aliphatic carbocycles. The number of hydrogen-bond acceptors (Lipinski definition) is 6. The number of anilines is 1. The van der Waals surface area contributed by atoms with Gasteiger partial charge in [-0.3, -0.25) is 19.8 Å². The topological polar surface area (TPSA) is 77.6 Å². The summed E-state index contributed by atoms with van der Waals surface area (Å²) in [5.74, 6) is -1.16. The molecule has 2 aliphatic rings. The van der Waals surface area contributed by atoms with Gasteiger partial charge in [-0.1, -0.05) is 48.5 Å².